The molecule has 0 aliphatic carbocycles. The van der Waals surface area contributed by atoms with E-state index in [-0.39, 0.29) is 10.7 Å². The van der Waals surface area contributed by atoms with E-state index < -0.39 is 22.6 Å². The first-order valence-electron chi connectivity index (χ1n) is 4.79. The van der Waals surface area contributed by atoms with Crippen molar-refractivity contribution < 1.29 is 28.0 Å². The monoisotopic (exact) mass is 273 g/mol. The topological polar surface area (TPSA) is 110 Å². The number of benzene rings is 1. The number of rotatable bonds is 6. The molecular formula is C10H11NO6S. The number of nitrogens with one attached hydrogen (secondary N) is 1. The minimum atomic E-state index is -3.95. The summed E-state index contributed by atoms with van der Waals surface area (Å²) in [5.74, 6) is -1.49. The van der Waals surface area contributed by atoms with Gasteiger partial charge in [0.25, 0.3) is 10.0 Å². The molecule has 0 aromatic heterocycles. The predicted molar refractivity (Wildman–Crippen MR) is 60.4 cm³/mol. The third kappa shape index (κ3) is 3.91. The van der Waals surface area contributed by atoms with Gasteiger partial charge in [-0.1, -0.05) is 17.0 Å². The molecule has 0 saturated heterocycles. The lowest BCUT2D eigenvalue weighted by atomic mass is 10.2. The normalized spacial score (nSPS) is 11.2. The van der Waals surface area contributed by atoms with Crippen LogP contribution in [-0.2, 0) is 19.7 Å². The summed E-state index contributed by atoms with van der Waals surface area (Å²) in [7, 11) is -3.95. The van der Waals surface area contributed by atoms with Crippen molar-refractivity contribution in [3.63, 3.8) is 0 Å². The van der Waals surface area contributed by atoms with Crippen molar-refractivity contribution in [2.75, 3.05) is 6.61 Å². The number of carbonyl (C=O) groups is 2. The number of Topliss-reactive ketones (excluding diaryl/α,β-unsaturated/α-hetero) is 1. The first kappa shape index (κ1) is 14.3. The van der Waals surface area contributed by atoms with Crippen molar-refractivity contribution in [2.45, 2.75) is 11.8 Å². The van der Waals surface area contributed by atoms with E-state index in [0.717, 1.165) is 0 Å². The van der Waals surface area contributed by atoms with E-state index in [0.29, 0.717) is 5.56 Å². The molecule has 0 saturated carbocycles. The molecule has 8 heteroatoms. The third-order valence-electron chi connectivity index (χ3n) is 1.94. The van der Waals surface area contributed by atoms with Crippen LogP contribution in [0, 0.1) is 0 Å². The molecule has 0 spiro atoms. The van der Waals surface area contributed by atoms with Crippen molar-refractivity contribution in [3.05, 3.63) is 29.8 Å². The minimum Gasteiger partial charge on any atom is -0.479 e. The van der Waals surface area contributed by atoms with Gasteiger partial charge in [-0.3, -0.25) is 9.63 Å². The maximum atomic E-state index is 11.6. The molecular weight excluding hydrogens is 262 g/mol. The lowest BCUT2D eigenvalue weighted by molar-refractivity contribution is -0.143. The Morgan fingerprint density at radius 2 is 1.83 bits per heavy atom. The Hall–Kier alpha value is -1.77. The Kier molecular flexibility index (Phi) is 4.54. The molecule has 0 heterocycles. The molecule has 1 rings (SSSR count). The van der Waals surface area contributed by atoms with E-state index in [9.17, 15) is 18.0 Å². The summed E-state index contributed by atoms with van der Waals surface area (Å²) in [4.78, 5) is 27.0. The predicted octanol–water partition coefficient (Wildman–Crippen LogP) is 0.184. The van der Waals surface area contributed by atoms with Gasteiger partial charge in [-0.15, -0.1) is 0 Å². The number of hydrogen-bond acceptors (Lipinski definition) is 5. The van der Waals surface area contributed by atoms with Crippen LogP contribution in [0.4, 0.5) is 0 Å². The maximum absolute atomic E-state index is 11.6. The Morgan fingerprint density at radius 3 is 2.28 bits per heavy atom. The van der Waals surface area contributed by atoms with Crippen LogP contribution in [0.2, 0.25) is 0 Å². The number of carbonyl (C=O) groups excluding carboxylic acids is 1. The third-order valence-corrected chi connectivity index (χ3v) is 3.17. The average molecular weight is 273 g/mol. The summed E-state index contributed by atoms with van der Waals surface area (Å²) >= 11 is 0. The average Bonchev–Trinajstić information content (AvgIpc) is 2.28. The number of hydrogen-bond donors (Lipinski definition) is 2. The number of sulfonamides is 1. The second kappa shape index (κ2) is 5.71. The van der Waals surface area contributed by atoms with Gasteiger partial charge >= 0.3 is 5.97 Å². The first-order chi connectivity index (χ1) is 8.33. The Labute approximate surface area is 103 Å². The molecule has 0 bridgehead atoms. The van der Waals surface area contributed by atoms with E-state index in [2.05, 4.69) is 4.84 Å². The highest BCUT2D eigenvalue weighted by Crippen LogP contribution is 2.10. The maximum Gasteiger partial charge on any atom is 0.331 e. The Morgan fingerprint density at radius 1 is 1.28 bits per heavy atom. The fourth-order valence-electron chi connectivity index (χ4n) is 1.09. The second-order valence-electron chi connectivity index (χ2n) is 3.35. The van der Waals surface area contributed by atoms with Crippen LogP contribution < -0.4 is 4.89 Å². The van der Waals surface area contributed by atoms with Crippen LogP contribution in [0.15, 0.2) is 29.2 Å². The molecule has 7 nitrogen and oxygen atoms in total. The number of ketones is 1. The molecule has 0 aliphatic heterocycles. The SMILES string of the molecule is CC(=O)c1ccc(S(=O)(=O)NOCC(=O)O)cc1. The summed E-state index contributed by atoms with van der Waals surface area (Å²) in [5, 5.41) is 8.28. The van der Waals surface area contributed by atoms with Crippen molar-refractivity contribution in [3.8, 4) is 0 Å². The summed E-state index contributed by atoms with van der Waals surface area (Å²) in [6.45, 7) is 0.572. The lowest BCUT2D eigenvalue weighted by Gasteiger charge is -2.05. The zero-order valence-electron chi connectivity index (χ0n) is 9.41. The highest BCUT2D eigenvalue weighted by molar-refractivity contribution is 7.89. The largest absolute Gasteiger partial charge is 0.479 e. The van der Waals surface area contributed by atoms with E-state index in [1.54, 1.807) is 4.89 Å². The number of aliphatic carboxylic acids is 1. The Balaban J connectivity index is 2.79. The van der Waals surface area contributed by atoms with Gasteiger partial charge in [0.2, 0.25) is 0 Å². The second-order valence-corrected chi connectivity index (χ2v) is 4.99. The van der Waals surface area contributed by atoms with Crippen molar-refractivity contribution >= 4 is 21.8 Å². The fraction of sp³-hybridized carbons (Fsp3) is 0.200. The zero-order chi connectivity index (χ0) is 13.8. The van der Waals surface area contributed by atoms with Crippen LogP contribution in [-0.4, -0.2) is 31.9 Å². The van der Waals surface area contributed by atoms with Crippen LogP contribution in [0.3, 0.4) is 0 Å². The smallest absolute Gasteiger partial charge is 0.331 e. The molecule has 0 atom stereocenters. The van der Waals surface area contributed by atoms with Gasteiger partial charge in [0.1, 0.15) is 0 Å². The van der Waals surface area contributed by atoms with E-state index >= 15 is 0 Å². The molecule has 0 aliphatic rings. The summed E-state index contributed by atoms with van der Waals surface area (Å²) in [6.07, 6.45) is 0. The van der Waals surface area contributed by atoms with Crippen LogP contribution in [0.5, 0.6) is 0 Å². The van der Waals surface area contributed by atoms with Crippen LogP contribution in [0.25, 0.3) is 0 Å². The molecule has 0 unspecified atom stereocenters. The van der Waals surface area contributed by atoms with Gasteiger partial charge in [-0.25, -0.2) is 13.2 Å². The van der Waals surface area contributed by atoms with Gasteiger partial charge in [0, 0.05) is 5.56 Å². The van der Waals surface area contributed by atoms with E-state index in [1.807, 2.05) is 0 Å². The highest BCUT2D eigenvalue weighted by Gasteiger charge is 2.15. The summed E-state index contributed by atoms with van der Waals surface area (Å²) in [5.41, 5.74) is 0.375. The van der Waals surface area contributed by atoms with E-state index in [4.69, 9.17) is 5.11 Å². The van der Waals surface area contributed by atoms with Gasteiger partial charge in [0.05, 0.1) is 4.90 Å². The molecule has 2 N–H and O–H groups in total. The first-order valence-corrected chi connectivity index (χ1v) is 6.27. The van der Waals surface area contributed by atoms with Crippen molar-refractivity contribution in [1.29, 1.82) is 0 Å². The number of carboxylic acids is 1. The molecule has 0 fully saturated rings. The van der Waals surface area contributed by atoms with E-state index in [1.165, 1.54) is 31.2 Å². The highest BCUT2D eigenvalue weighted by atomic mass is 32.2. The zero-order valence-corrected chi connectivity index (χ0v) is 10.2. The van der Waals surface area contributed by atoms with Gasteiger partial charge in [-0.2, -0.15) is 0 Å². The van der Waals surface area contributed by atoms with Crippen molar-refractivity contribution in [1.82, 2.24) is 4.89 Å². The fourth-order valence-corrected chi connectivity index (χ4v) is 1.89. The quantitative estimate of drug-likeness (QED) is 0.565. The van der Waals surface area contributed by atoms with Gasteiger partial charge in [0.15, 0.2) is 12.4 Å². The van der Waals surface area contributed by atoms with Gasteiger partial charge < -0.3 is 5.11 Å². The molecule has 1 aromatic carbocycles. The summed E-state index contributed by atoms with van der Waals surface area (Å²) in [6, 6.07) is 5.16. The molecule has 0 amide bonds. The molecule has 18 heavy (non-hydrogen) atoms. The van der Waals surface area contributed by atoms with Gasteiger partial charge in [-0.05, 0) is 19.1 Å². The lowest BCUT2D eigenvalue weighted by Crippen LogP contribution is -2.26. The summed E-state index contributed by atoms with van der Waals surface area (Å²) < 4.78 is 23.2. The van der Waals surface area contributed by atoms with Crippen molar-refractivity contribution in [2.24, 2.45) is 0 Å². The van der Waals surface area contributed by atoms with Crippen LogP contribution in [0.1, 0.15) is 17.3 Å². The molecule has 0 radical (unpaired) electrons. The molecule has 1 aromatic rings. The minimum absolute atomic E-state index is 0.127. The standard InChI is InChI=1S/C10H11NO6S/c1-7(12)8-2-4-9(5-3-8)18(15,16)11-17-6-10(13)14/h2-5,11H,6H2,1H3,(H,13,14). The van der Waals surface area contributed by atoms with Crippen LogP contribution >= 0.6 is 0 Å². The Bertz CT molecular complexity index is 548. The number of carboxylic acid groups (broad SMARTS) is 1. The molecule has 98 valence electrons.